The number of fused-ring (bicyclic) bond motifs is 1. The Bertz CT molecular complexity index is 1310. The van der Waals surface area contributed by atoms with Crippen molar-refractivity contribution in [2.24, 2.45) is 12.5 Å². The number of rotatable bonds is 5. The first-order chi connectivity index (χ1) is 15.8. The van der Waals surface area contributed by atoms with E-state index >= 15 is 0 Å². The second kappa shape index (κ2) is 8.02. The van der Waals surface area contributed by atoms with Crippen molar-refractivity contribution in [2.75, 3.05) is 23.3 Å². The van der Waals surface area contributed by atoms with Gasteiger partial charge in [-0.1, -0.05) is 23.7 Å². The van der Waals surface area contributed by atoms with E-state index in [-0.39, 0.29) is 28.0 Å². The molecule has 8 nitrogen and oxygen atoms in total. The minimum Gasteiger partial charge on any atom is -0.478 e. The standard InChI is InChI=1S/C24H26ClN5O3/c1-14(27-20-18(22(32)33)12-15(25)13-26-20)16-4-3-5-17-19(16)28-23(29(2)21(17)31)30-10-8-24(6-7-24)9-11-30/h3-5,12-14H,6-11H2,1-2H3,(H,26,27)(H,32,33)/t14-/m1/s1. The van der Waals surface area contributed by atoms with E-state index in [0.29, 0.717) is 22.3 Å². The molecule has 1 atom stereocenters. The van der Waals surface area contributed by atoms with Crippen LogP contribution in [0.1, 0.15) is 54.6 Å². The molecule has 9 heteroatoms. The number of hydrogen-bond donors (Lipinski definition) is 2. The van der Waals surface area contributed by atoms with Crippen LogP contribution in [0.5, 0.6) is 0 Å². The number of anilines is 2. The van der Waals surface area contributed by atoms with E-state index in [1.165, 1.54) is 25.1 Å². The molecule has 2 aliphatic rings. The van der Waals surface area contributed by atoms with Crippen LogP contribution in [0.25, 0.3) is 10.9 Å². The van der Waals surface area contributed by atoms with Crippen LogP contribution >= 0.6 is 11.6 Å². The lowest BCUT2D eigenvalue weighted by Crippen LogP contribution is -2.38. The fraction of sp³-hybridized carbons (Fsp3) is 0.417. The number of pyridine rings is 1. The van der Waals surface area contributed by atoms with Crippen molar-refractivity contribution in [2.45, 2.75) is 38.6 Å². The number of nitrogens with one attached hydrogen (secondary N) is 1. The van der Waals surface area contributed by atoms with Crippen LogP contribution in [0.15, 0.2) is 35.3 Å². The second-order valence-electron chi connectivity index (χ2n) is 9.23. The van der Waals surface area contributed by atoms with Gasteiger partial charge in [-0.05, 0) is 50.2 Å². The molecule has 1 saturated carbocycles. The number of carboxylic acid groups (broad SMARTS) is 1. The molecule has 2 N–H and O–H groups in total. The Kier molecular flexibility index (Phi) is 5.28. The topological polar surface area (TPSA) is 100 Å². The first kappa shape index (κ1) is 21.7. The van der Waals surface area contributed by atoms with Gasteiger partial charge in [0.2, 0.25) is 5.95 Å². The normalized spacial score (nSPS) is 17.8. The largest absolute Gasteiger partial charge is 0.478 e. The minimum absolute atomic E-state index is 0.0125. The summed E-state index contributed by atoms with van der Waals surface area (Å²) in [5, 5.41) is 13.5. The van der Waals surface area contributed by atoms with Crippen LogP contribution in [0.4, 0.5) is 11.8 Å². The molecule has 0 bridgehead atoms. The zero-order chi connectivity index (χ0) is 23.3. The Morgan fingerprint density at radius 3 is 2.64 bits per heavy atom. The number of hydrogen-bond acceptors (Lipinski definition) is 6. The molecule has 0 amide bonds. The molecule has 2 aromatic heterocycles. The Hall–Kier alpha value is -3.13. The van der Waals surface area contributed by atoms with E-state index in [1.54, 1.807) is 17.7 Å². The Labute approximate surface area is 196 Å². The first-order valence-electron chi connectivity index (χ1n) is 11.2. The molecule has 0 unspecified atom stereocenters. The second-order valence-corrected chi connectivity index (χ2v) is 9.66. The summed E-state index contributed by atoms with van der Waals surface area (Å²) in [6.07, 6.45) is 6.31. The fourth-order valence-electron chi connectivity index (χ4n) is 4.80. The predicted molar refractivity (Wildman–Crippen MR) is 128 cm³/mol. The summed E-state index contributed by atoms with van der Waals surface area (Å²) in [7, 11) is 1.77. The van der Waals surface area contributed by atoms with Crippen molar-refractivity contribution in [3.63, 3.8) is 0 Å². The highest BCUT2D eigenvalue weighted by Crippen LogP contribution is 2.53. The Morgan fingerprint density at radius 1 is 1.24 bits per heavy atom. The van der Waals surface area contributed by atoms with Crippen LogP contribution in [0, 0.1) is 5.41 Å². The molecular weight excluding hydrogens is 442 g/mol. The summed E-state index contributed by atoms with van der Waals surface area (Å²) in [6.45, 7) is 3.70. The Balaban J connectivity index is 1.53. The number of piperidine rings is 1. The third-order valence-electron chi connectivity index (χ3n) is 7.08. The molecule has 0 radical (unpaired) electrons. The number of halogens is 1. The number of aromatic nitrogens is 3. The van der Waals surface area contributed by atoms with E-state index < -0.39 is 5.97 Å². The molecule has 5 rings (SSSR count). The molecule has 1 aliphatic heterocycles. The molecule has 1 saturated heterocycles. The van der Waals surface area contributed by atoms with Gasteiger partial charge < -0.3 is 15.3 Å². The van der Waals surface area contributed by atoms with E-state index in [2.05, 4.69) is 15.2 Å². The maximum Gasteiger partial charge on any atom is 0.339 e. The quantitative estimate of drug-likeness (QED) is 0.579. The predicted octanol–water partition coefficient (Wildman–Crippen LogP) is 4.23. The van der Waals surface area contributed by atoms with Crippen molar-refractivity contribution < 1.29 is 9.90 Å². The van der Waals surface area contributed by atoms with Gasteiger partial charge in [-0.3, -0.25) is 9.36 Å². The highest BCUT2D eigenvalue weighted by molar-refractivity contribution is 6.30. The molecule has 3 heterocycles. The monoisotopic (exact) mass is 467 g/mol. The van der Waals surface area contributed by atoms with Crippen LogP contribution in [0.3, 0.4) is 0 Å². The molecular formula is C24H26ClN5O3. The summed E-state index contributed by atoms with van der Waals surface area (Å²) >= 11 is 5.93. The van der Waals surface area contributed by atoms with Gasteiger partial charge in [0.25, 0.3) is 5.56 Å². The molecule has 1 aromatic carbocycles. The van der Waals surface area contributed by atoms with Crippen LogP contribution < -0.4 is 15.8 Å². The highest BCUT2D eigenvalue weighted by Gasteiger charge is 2.44. The number of benzene rings is 1. The number of para-hydroxylation sites is 1. The average molecular weight is 468 g/mol. The van der Waals surface area contributed by atoms with Crippen LogP contribution in [-0.4, -0.2) is 38.7 Å². The molecule has 1 aliphatic carbocycles. The first-order valence-corrected chi connectivity index (χ1v) is 11.6. The third kappa shape index (κ3) is 3.93. The van der Waals surface area contributed by atoms with Crippen molar-refractivity contribution in [3.05, 3.63) is 57.0 Å². The molecule has 1 spiro atoms. The Morgan fingerprint density at radius 2 is 1.97 bits per heavy atom. The van der Waals surface area contributed by atoms with Crippen molar-refractivity contribution >= 4 is 40.2 Å². The van der Waals surface area contributed by atoms with Crippen LogP contribution in [-0.2, 0) is 7.05 Å². The van der Waals surface area contributed by atoms with Gasteiger partial charge in [-0.15, -0.1) is 0 Å². The summed E-state index contributed by atoms with van der Waals surface area (Å²) in [5.74, 6) is -0.227. The average Bonchev–Trinajstić information content (AvgIpc) is 3.56. The van der Waals surface area contributed by atoms with Crippen molar-refractivity contribution in [1.82, 2.24) is 14.5 Å². The van der Waals surface area contributed by atoms with E-state index in [4.69, 9.17) is 16.6 Å². The number of carboxylic acids is 1. The smallest absolute Gasteiger partial charge is 0.339 e. The number of carbonyl (C=O) groups is 1. The van der Waals surface area contributed by atoms with Gasteiger partial charge in [-0.25, -0.2) is 14.8 Å². The lowest BCUT2D eigenvalue weighted by Gasteiger charge is -2.33. The van der Waals surface area contributed by atoms with Crippen molar-refractivity contribution in [1.29, 1.82) is 0 Å². The van der Waals surface area contributed by atoms with Gasteiger partial charge in [0.1, 0.15) is 11.4 Å². The van der Waals surface area contributed by atoms with Crippen LogP contribution in [0.2, 0.25) is 5.02 Å². The highest BCUT2D eigenvalue weighted by atomic mass is 35.5. The maximum atomic E-state index is 13.2. The molecule has 2 fully saturated rings. The van der Waals surface area contributed by atoms with Gasteiger partial charge >= 0.3 is 5.97 Å². The maximum absolute atomic E-state index is 13.2. The van der Waals surface area contributed by atoms with Gasteiger partial charge in [0, 0.05) is 31.9 Å². The van der Waals surface area contributed by atoms with E-state index in [1.807, 2.05) is 19.1 Å². The zero-order valence-corrected chi connectivity index (χ0v) is 19.4. The van der Waals surface area contributed by atoms with Gasteiger partial charge in [0.15, 0.2) is 0 Å². The van der Waals surface area contributed by atoms with Gasteiger partial charge in [0.05, 0.1) is 22.0 Å². The lowest BCUT2D eigenvalue weighted by molar-refractivity contribution is 0.0697. The van der Waals surface area contributed by atoms with E-state index in [0.717, 1.165) is 31.5 Å². The summed E-state index contributed by atoms with van der Waals surface area (Å²) in [4.78, 5) is 36.2. The third-order valence-corrected chi connectivity index (χ3v) is 7.29. The van der Waals surface area contributed by atoms with Gasteiger partial charge in [-0.2, -0.15) is 0 Å². The lowest BCUT2D eigenvalue weighted by atomic mass is 9.94. The summed E-state index contributed by atoms with van der Waals surface area (Å²) < 4.78 is 1.64. The zero-order valence-electron chi connectivity index (χ0n) is 18.6. The number of nitrogens with zero attached hydrogens (tertiary/aromatic N) is 4. The molecule has 172 valence electrons. The minimum atomic E-state index is -1.12. The summed E-state index contributed by atoms with van der Waals surface area (Å²) in [6, 6.07) is 6.53. The number of aromatic carboxylic acids is 1. The molecule has 3 aromatic rings. The molecule has 33 heavy (non-hydrogen) atoms. The van der Waals surface area contributed by atoms with Crippen molar-refractivity contribution in [3.8, 4) is 0 Å². The summed E-state index contributed by atoms with van der Waals surface area (Å²) in [5.41, 5.74) is 1.85. The fourth-order valence-corrected chi connectivity index (χ4v) is 4.95. The SMILES string of the molecule is C[C@@H](Nc1ncc(Cl)cc1C(=O)O)c1cccc2c(=O)n(C)c(N3CCC4(CC3)CC4)nc12. The van der Waals surface area contributed by atoms with E-state index in [9.17, 15) is 14.7 Å².